The van der Waals surface area contributed by atoms with E-state index in [1.54, 1.807) is 0 Å². The number of nitrogens with one attached hydrogen (secondary N) is 1. The van der Waals surface area contributed by atoms with Crippen molar-refractivity contribution < 1.29 is 5.11 Å². The van der Waals surface area contributed by atoms with Crippen molar-refractivity contribution in [2.45, 2.75) is 40.2 Å². The molecule has 0 aliphatic heterocycles. The molecule has 2 heteroatoms. The van der Waals surface area contributed by atoms with E-state index >= 15 is 0 Å². The molecule has 1 rings (SSSR count). The topological polar surface area (TPSA) is 32.3 Å². The van der Waals surface area contributed by atoms with E-state index in [2.05, 4.69) is 50.4 Å². The molecule has 0 bridgehead atoms. The Morgan fingerprint density at radius 1 is 1.12 bits per heavy atom. The van der Waals surface area contributed by atoms with Gasteiger partial charge in [-0.3, -0.25) is 0 Å². The van der Waals surface area contributed by atoms with Gasteiger partial charge in [0.05, 0.1) is 0 Å². The molecule has 0 amide bonds. The van der Waals surface area contributed by atoms with Crippen LogP contribution in [0.1, 0.15) is 37.8 Å². The number of hydrogen-bond acceptors (Lipinski definition) is 2. The van der Waals surface area contributed by atoms with Crippen LogP contribution in [0.3, 0.4) is 0 Å². The molecule has 0 fully saturated rings. The molecule has 0 aliphatic rings. The summed E-state index contributed by atoms with van der Waals surface area (Å²) in [5.74, 6) is 0. The van der Waals surface area contributed by atoms with Gasteiger partial charge in [0.1, 0.15) is 0 Å². The van der Waals surface area contributed by atoms with E-state index in [0.717, 1.165) is 25.9 Å². The smallest absolute Gasteiger partial charge is 0.0499 e. The van der Waals surface area contributed by atoms with E-state index in [4.69, 9.17) is 0 Å². The van der Waals surface area contributed by atoms with Crippen LogP contribution < -0.4 is 5.32 Å². The second-order valence-corrected chi connectivity index (χ2v) is 4.95. The van der Waals surface area contributed by atoms with Gasteiger partial charge in [-0.2, -0.15) is 0 Å². The van der Waals surface area contributed by atoms with Crippen molar-refractivity contribution in [3.8, 4) is 0 Å². The predicted octanol–water partition coefficient (Wildman–Crippen LogP) is 2.88. The van der Waals surface area contributed by atoms with E-state index < -0.39 is 0 Å². The van der Waals surface area contributed by atoms with Gasteiger partial charge in [0.2, 0.25) is 0 Å². The zero-order chi connectivity index (χ0) is 12.7. The Morgan fingerprint density at radius 2 is 1.71 bits per heavy atom. The average molecular weight is 235 g/mol. The largest absolute Gasteiger partial charge is 0.396 e. The Kier molecular flexibility index (Phi) is 5.66. The van der Waals surface area contributed by atoms with Crippen molar-refractivity contribution in [1.82, 2.24) is 5.32 Å². The molecule has 0 unspecified atom stereocenters. The SMILES string of the molecule is CCC(CC)(CO)CNCc1ccc(C)cc1. The molecular formula is C15H25NO. The summed E-state index contributed by atoms with van der Waals surface area (Å²) in [4.78, 5) is 0. The monoisotopic (exact) mass is 235 g/mol. The molecule has 0 saturated heterocycles. The lowest BCUT2D eigenvalue weighted by Crippen LogP contribution is -2.36. The first-order chi connectivity index (χ1) is 8.15. The van der Waals surface area contributed by atoms with Crippen molar-refractivity contribution in [1.29, 1.82) is 0 Å². The Hall–Kier alpha value is -0.860. The molecule has 0 atom stereocenters. The molecule has 0 aliphatic carbocycles. The summed E-state index contributed by atoms with van der Waals surface area (Å²) in [6.45, 7) is 8.41. The van der Waals surface area contributed by atoms with Gasteiger partial charge in [-0.1, -0.05) is 43.7 Å². The number of benzene rings is 1. The van der Waals surface area contributed by atoms with Crippen molar-refractivity contribution in [3.63, 3.8) is 0 Å². The van der Waals surface area contributed by atoms with Crippen LogP contribution in [0, 0.1) is 12.3 Å². The zero-order valence-corrected chi connectivity index (χ0v) is 11.3. The van der Waals surface area contributed by atoms with E-state index in [0.29, 0.717) is 0 Å². The van der Waals surface area contributed by atoms with E-state index in [1.807, 2.05) is 0 Å². The third kappa shape index (κ3) is 4.14. The first-order valence-electron chi connectivity index (χ1n) is 6.53. The Balaban J connectivity index is 2.43. The summed E-state index contributed by atoms with van der Waals surface area (Å²) in [6.07, 6.45) is 2.03. The van der Waals surface area contributed by atoms with Gasteiger partial charge in [0.25, 0.3) is 0 Å². The highest BCUT2D eigenvalue weighted by Gasteiger charge is 2.24. The standard InChI is InChI=1S/C15H25NO/c1-4-15(5-2,12-17)11-16-10-14-8-6-13(3)7-9-14/h6-9,16-17H,4-5,10-12H2,1-3H3. The Morgan fingerprint density at radius 3 is 2.18 bits per heavy atom. The van der Waals surface area contributed by atoms with Crippen LogP contribution in [0.5, 0.6) is 0 Å². The molecule has 0 spiro atoms. The highest BCUT2D eigenvalue weighted by atomic mass is 16.3. The molecule has 1 aromatic carbocycles. The predicted molar refractivity (Wildman–Crippen MR) is 73.0 cm³/mol. The van der Waals surface area contributed by atoms with E-state index in [1.165, 1.54) is 11.1 Å². The summed E-state index contributed by atoms with van der Waals surface area (Å²) in [7, 11) is 0. The number of aliphatic hydroxyl groups excluding tert-OH is 1. The van der Waals surface area contributed by atoms with Crippen molar-refractivity contribution in [2.75, 3.05) is 13.2 Å². The molecule has 2 nitrogen and oxygen atoms in total. The Bertz CT molecular complexity index is 306. The van der Waals surface area contributed by atoms with Gasteiger partial charge in [-0.25, -0.2) is 0 Å². The van der Waals surface area contributed by atoms with Gasteiger partial charge >= 0.3 is 0 Å². The minimum absolute atomic E-state index is 0.0463. The van der Waals surface area contributed by atoms with E-state index in [9.17, 15) is 5.11 Å². The molecule has 17 heavy (non-hydrogen) atoms. The first-order valence-corrected chi connectivity index (χ1v) is 6.53. The van der Waals surface area contributed by atoms with Gasteiger partial charge in [0, 0.05) is 25.1 Å². The summed E-state index contributed by atoms with van der Waals surface area (Å²) < 4.78 is 0. The second-order valence-electron chi connectivity index (χ2n) is 4.95. The quantitative estimate of drug-likeness (QED) is 0.761. The fourth-order valence-electron chi connectivity index (χ4n) is 1.96. The number of aliphatic hydroxyl groups is 1. The van der Waals surface area contributed by atoms with Gasteiger partial charge in [0.15, 0.2) is 0 Å². The lowest BCUT2D eigenvalue weighted by molar-refractivity contribution is 0.113. The highest BCUT2D eigenvalue weighted by Crippen LogP contribution is 2.24. The van der Waals surface area contributed by atoms with Crippen LogP contribution in [0.2, 0.25) is 0 Å². The number of aryl methyl sites for hydroxylation is 1. The van der Waals surface area contributed by atoms with Crippen LogP contribution in [-0.4, -0.2) is 18.3 Å². The average Bonchev–Trinajstić information content (AvgIpc) is 2.38. The molecule has 0 aromatic heterocycles. The molecule has 2 N–H and O–H groups in total. The lowest BCUT2D eigenvalue weighted by atomic mass is 9.83. The maximum Gasteiger partial charge on any atom is 0.0499 e. The van der Waals surface area contributed by atoms with Crippen LogP contribution in [0.25, 0.3) is 0 Å². The van der Waals surface area contributed by atoms with Crippen LogP contribution in [0.4, 0.5) is 0 Å². The zero-order valence-electron chi connectivity index (χ0n) is 11.3. The van der Waals surface area contributed by atoms with E-state index in [-0.39, 0.29) is 12.0 Å². The third-order valence-corrected chi connectivity index (χ3v) is 3.79. The summed E-state index contributed by atoms with van der Waals surface area (Å²) >= 11 is 0. The van der Waals surface area contributed by atoms with Crippen molar-refractivity contribution in [2.24, 2.45) is 5.41 Å². The molecule has 96 valence electrons. The molecule has 0 radical (unpaired) electrons. The van der Waals surface area contributed by atoms with Crippen LogP contribution in [-0.2, 0) is 6.54 Å². The first kappa shape index (κ1) is 14.2. The minimum atomic E-state index is 0.0463. The molecule has 0 saturated carbocycles. The van der Waals surface area contributed by atoms with Crippen LogP contribution >= 0.6 is 0 Å². The number of hydrogen-bond donors (Lipinski definition) is 2. The fourth-order valence-corrected chi connectivity index (χ4v) is 1.96. The van der Waals surface area contributed by atoms with Gasteiger partial charge in [-0.05, 0) is 25.3 Å². The summed E-state index contributed by atoms with van der Waals surface area (Å²) in [5.41, 5.74) is 2.64. The number of rotatable bonds is 7. The fraction of sp³-hybridized carbons (Fsp3) is 0.600. The highest BCUT2D eigenvalue weighted by molar-refractivity contribution is 5.21. The molecule has 0 heterocycles. The maximum absolute atomic E-state index is 9.47. The van der Waals surface area contributed by atoms with Gasteiger partial charge in [-0.15, -0.1) is 0 Å². The minimum Gasteiger partial charge on any atom is -0.396 e. The van der Waals surface area contributed by atoms with Gasteiger partial charge < -0.3 is 10.4 Å². The Labute approximate surface area is 105 Å². The normalized spacial score (nSPS) is 11.8. The van der Waals surface area contributed by atoms with Crippen molar-refractivity contribution >= 4 is 0 Å². The second kappa shape index (κ2) is 6.77. The third-order valence-electron chi connectivity index (χ3n) is 3.79. The van der Waals surface area contributed by atoms with Crippen LogP contribution in [0.15, 0.2) is 24.3 Å². The lowest BCUT2D eigenvalue weighted by Gasteiger charge is -2.29. The molecular weight excluding hydrogens is 210 g/mol. The van der Waals surface area contributed by atoms with Crippen molar-refractivity contribution in [3.05, 3.63) is 35.4 Å². The summed E-state index contributed by atoms with van der Waals surface area (Å²) in [5, 5.41) is 12.9. The summed E-state index contributed by atoms with van der Waals surface area (Å²) in [6, 6.07) is 8.58. The maximum atomic E-state index is 9.47. The molecule has 1 aromatic rings.